The minimum Gasteiger partial charge on any atom is -0.493 e. The lowest BCUT2D eigenvalue weighted by Crippen LogP contribution is -2.31. The van der Waals surface area contributed by atoms with E-state index in [1.54, 1.807) is 20.3 Å². The molecule has 0 saturated carbocycles. The monoisotopic (exact) mass is 252 g/mol. The number of benzene rings is 1. The second-order valence-corrected chi connectivity index (χ2v) is 5.53. The summed E-state index contributed by atoms with van der Waals surface area (Å²) in [4.78, 5) is 0. The van der Waals surface area contributed by atoms with E-state index in [-0.39, 0.29) is 11.5 Å². The van der Waals surface area contributed by atoms with Crippen molar-refractivity contribution in [2.24, 2.45) is 5.41 Å². The van der Waals surface area contributed by atoms with Crippen LogP contribution in [0.4, 0.5) is 11.4 Å². The Morgan fingerprint density at radius 2 is 1.61 bits per heavy atom. The Morgan fingerprint density at radius 1 is 1.11 bits per heavy atom. The third kappa shape index (κ3) is 3.22. The minimum atomic E-state index is 0.152. The summed E-state index contributed by atoms with van der Waals surface area (Å²) < 4.78 is 10.5. The van der Waals surface area contributed by atoms with Crippen LogP contribution < -0.4 is 20.5 Å². The molecule has 0 aliphatic carbocycles. The highest BCUT2D eigenvalue weighted by atomic mass is 16.5. The summed E-state index contributed by atoms with van der Waals surface area (Å²) in [7, 11) is 3.22. The summed E-state index contributed by atoms with van der Waals surface area (Å²) in [5.74, 6) is 1.32. The smallest absolute Gasteiger partial charge is 0.162 e. The number of nitrogens with two attached hydrogens (primary N) is 1. The largest absolute Gasteiger partial charge is 0.493 e. The zero-order chi connectivity index (χ0) is 13.9. The number of anilines is 2. The summed E-state index contributed by atoms with van der Waals surface area (Å²) in [5, 5.41) is 3.42. The van der Waals surface area contributed by atoms with Crippen molar-refractivity contribution < 1.29 is 9.47 Å². The van der Waals surface area contributed by atoms with Gasteiger partial charge in [-0.2, -0.15) is 0 Å². The van der Waals surface area contributed by atoms with Gasteiger partial charge < -0.3 is 20.5 Å². The molecular weight excluding hydrogens is 228 g/mol. The van der Waals surface area contributed by atoms with Crippen molar-refractivity contribution in [1.82, 2.24) is 0 Å². The molecule has 0 spiro atoms. The highest BCUT2D eigenvalue weighted by Gasteiger charge is 2.21. The molecule has 0 amide bonds. The Balaban J connectivity index is 3.03. The van der Waals surface area contributed by atoms with Gasteiger partial charge in [0.1, 0.15) is 0 Å². The van der Waals surface area contributed by atoms with Gasteiger partial charge in [0.05, 0.1) is 25.6 Å². The van der Waals surface area contributed by atoms with Crippen molar-refractivity contribution in [3.8, 4) is 11.5 Å². The second kappa shape index (κ2) is 5.38. The number of methoxy groups -OCH3 is 2. The van der Waals surface area contributed by atoms with E-state index in [0.717, 1.165) is 5.69 Å². The molecule has 4 nitrogen and oxygen atoms in total. The molecule has 0 aromatic heterocycles. The zero-order valence-corrected chi connectivity index (χ0v) is 12.1. The van der Waals surface area contributed by atoms with Crippen molar-refractivity contribution in [1.29, 1.82) is 0 Å². The van der Waals surface area contributed by atoms with Gasteiger partial charge >= 0.3 is 0 Å². The Morgan fingerprint density at radius 3 is 2.06 bits per heavy atom. The predicted molar refractivity (Wildman–Crippen MR) is 76.5 cm³/mol. The summed E-state index contributed by atoms with van der Waals surface area (Å²) in [6.45, 7) is 8.68. The van der Waals surface area contributed by atoms with Crippen LogP contribution in [0.2, 0.25) is 0 Å². The Hall–Kier alpha value is -1.58. The van der Waals surface area contributed by atoms with Crippen molar-refractivity contribution in [3.05, 3.63) is 12.1 Å². The van der Waals surface area contributed by atoms with E-state index in [9.17, 15) is 0 Å². The van der Waals surface area contributed by atoms with Gasteiger partial charge in [-0.25, -0.2) is 0 Å². The van der Waals surface area contributed by atoms with E-state index in [4.69, 9.17) is 15.2 Å². The van der Waals surface area contributed by atoms with Crippen molar-refractivity contribution in [2.75, 3.05) is 25.3 Å². The molecular formula is C14H24N2O2. The highest BCUT2D eigenvalue weighted by Crippen LogP contribution is 2.36. The molecule has 1 atom stereocenters. The fraction of sp³-hybridized carbons (Fsp3) is 0.571. The molecule has 1 aromatic carbocycles. The first-order chi connectivity index (χ1) is 8.29. The van der Waals surface area contributed by atoms with Crippen molar-refractivity contribution in [2.45, 2.75) is 33.7 Å². The number of rotatable bonds is 4. The first kappa shape index (κ1) is 14.5. The summed E-state index contributed by atoms with van der Waals surface area (Å²) in [6.07, 6.45) is 0. The summed E-state index contributed by atoms with van der Waals surface area (Å²) in [6, 6.07) is 3.94. The molecule has 0 fully saturated rings. The van der Waals surface area contributed by atoms with E-state index in [0.29, 0.717) is 17.2 Å². The van der Waals surface area contributed by atoms with Gasteiger partial charge in [0.15, 0.2) is 11.5 Å². The maximum absolute atomic E-state index is 6.01. The quantitative estimate of drug-likeness (QED) is 0.808. The topological polar surface area (TPSA) is 56.5 Å². The van der Waals surface area contributed by atoms with E-state index < -0.39 is 0 Å². The molecule has 0 heterocycles. The molecule has 1 aromatic rings. The highest BCUT2D eigenvalue weighted by molar-refractivity contribution is 5.72. The van der Waals surface area contributed by atoms with E-state index in [1.807, 2.05) is 6.07 Å². The third-order valence-electron chi connectivity index (χ3n) is 3.23. The van der Waals surface area contributed by atoms with Crippen LogP contribution in [0.3, 0.4) is 0 Å². The van der Waals surface area contributed by atoms with Gasteiger partial charge in [-0.1, -0.05) is 20.8 Å². The second-order valence-electron chi connectivity index (χ2n) is 5.53. The lowest BCUT2D eigenvalue weighted by Gasteiger charge is -2.29. The molecule has 0 aliphatic rings. The average molecular weight is 252 g/mol. The number of nitrogens with one attached hydrogen (secondary N) is 1. The number of ether oxygens (including phenoxy) is 2. The van der Waals surface area contributed by atoms with Gasteiger partial charge in [-0.3, -0.25) is 0 Å². The molecule has 1 unspecified atom stereocenters. The number of hydrogen-bond donors (Lipinski definition) is 2. The molecule has 18 heavy (non-hydrogen) atoms. The van der Waals surface area contributed by atoms with E-state index >= 15 is 0 Å². The molecule has 102 valence electrons. The summed E-state index contributed by atoms with van der Waals surface area (Å²) >= 11 is 0. The van der Waals surface area contributed by atoms with Crippen molar-refractivity contribution in [3.63, 3.8) is 0 Å². The van der Waals surface area contributed by atoms with E-state index in [1.165, 1.54) is 0 Å². The SMILES string of the molecule is COc1cc(N)c(NC(C)C(C)(C)C)cc1OC. The van der Waals surface area contributed by atoms with Gasteiger partial charge in [-0.05, 0) is 12.3 Å². The Kier molecular flexibility index (Phi) is 4.33. The van der Waals surface area contributed by atoms with Gasteiger partial charge in [0.2, 0.25) is 0 Å². The van der Waals surface area contributed by atoms with Crippen molar-refractivity contribution >= 4 is 11.4 Å². The number of hydrogen-bond acceptors (Lipinski definition) is 4. The predicted octanol–water partition coefficient (Wildman–Crippen LogP) is 3.13. The molecule has 1 rings (SSSR count). The molecule has 0 aliphatic heterocycles. The number of nitrogen functional groups attached to an aromatic ring is 1. The summed E-state index contributed by atoms with van der Waals surface area (Å²) in [5.41, 5.74) is 7.69. The van der Waals surface area contributed by atoms with Crippen LogP contribution >= 0.6 is 0 Å². The zero-order valence-electron chi connectivity index (χ0n) is 12.1. The molecule has 0 saturated heterocycles. The Bertz CT molecular complexity index is 411. The van der Waals surface area contributed by atoms with Crippen LogP contribution in [0, 0.1) is 5.41 Å². The molecule has 3 N–H and O–H groups in total. The standard InChI is InChI=1S/C14H24N2O2/c1-9(14(2,3)4)16-11-8-13(18-6)12(17-5)7-10(11)15/h7-9,16H,15H2,1-6H3. The van der Waals surface area contributed by atoms with Gasteiger partial charge in [0.25, 0.3) is 0 Å². The van der Waals surface area contributed by atoms with Crippen LogP contribution in [0.25, 0.3) is 0 Å². The van der Waals surface area contributed by atoms with Crippen LogP contribution in [-0.2, 0) is 0 Å². The molecule has 0 radical (unpaired) electrons. The van der Waals surface area contributed by atoms with Gasteiger partial charge in [0, 0.05) is 18.2 Å². The van der Waals surface area contributed by atoms with Gasteiger partial charge in [-0.15, -0.1) is 0 Å². The van der Waals surface area contributed by atoms with E-state index in [2.05, 4.69) is 33.0 Å². The minimum absolute atomic E-state index is 0.152. The van der Waals surface area contributed by atoms with Crippen LogP contribution in [0.1, 0.15) is 27.7 Å². The fourth-order valence-electron chi connectivity index (χ4n) is 1.47. The van der Waals surface area contributed by atoms with Crippen LogP contribution in [-0.4, -0.2) is 20.3 Å². The lowest BCUT2D eigenvalue weighted by molar-refractivity contribution is 0.353. The Labute approximate surface area is 109 Å². The first-order valence-corrected chi connectivity index (χ1v) is 6.07. The fourth-order valence-corrected chi connectivity index (χ4v) is 1.47. The average Bonchev–Trinajstić information content (AvgIpc) is 2.29. The van der Waals surface area contributed by atoms with Crippen LogP contribution in [0.15, 0.2) is 12.1 Å². The maximum atomic E-state index is 6.01. The molecule has 0 bridgehead atoms. The maximum Gasteiger partial charge on any atom is 0.162 e. The lowest BCUT2D eigenvalue weighted by atomic mass is 9.88. The first-order valence-electron chi connectivity index (χ1n) is 6.07. The van der Waals surface area contributed by atoms with Crippen LogP contribution in [0.5, 0.6) is 11.5 Å². The third-order valence-corrected chi connectivity index (χ3v) is 3.23. The molecule has 4 heteroatoms. The normalized spacial score (nSPS) is 13.0.